The van der Waals surface area contributed by atoms with Crippen LogP contribution in [0.1, 0.15) is 17.2 Å². The van der Waals surface area contributed by atoms with Crippen LogP contribution in [0.15, 0.2) is 60.7 Å². The number of benzene rings is 2. The number of carbonyl (C=O) groups excluding carboxylic acids is 1. The molecule has 0 radical (unpaired) electrons. The van der Waals surface area contributed by atoms with Gasteiger partial charge in [0.1, 0.15) is 0 Å². The highest BCUT2D eigenvalue weighted by atomic mass is 19.4. The third kappa shape index (κ3) is 4.82. The molecule has 0 heterocycles. The summed E-state index contributed by atoms with van der Waals surface area (Å²) in [5.74, 6) is -59.9. The van der Waals surface area contributed by atoms with Crippen molar-refractivity contribution >= 4 is 5.91 Å². The van der Waals surface area contributed by atoms with E-state index in [4.69, 9.17) is 0 Å². The predicted octanol–water partition coefficient (Wildman–Crippen LogP) is 7.60. The Morgan fingerprint density at radius 2 is 0.850 bits per heavy atom. The maximum Gasteiger partial charge on any atom is 0.392 e. The van der Waals surface area contributed by atoms with Gasteiger partial charge in [-0.1, -0.05) is 60.7 Å². The number of alkyl halides is 16. The van der Waals surface area contributed by atoms with Crippen molar-refractivity contribution in [3.8, 4) is 0 Å². The van der Waals surface area contributed by atoms with Gasteiger partial charge >= 0.3 is 47.9 Å². The summed E-state index contributed by atoms with van der Waals surface area (Å²) in [5.41, 5.74) is -0.391. The highest BCUT2D eigenvalue weighted by Gasteiger charge is 2.94. The molecule has 224 valence electrons. The van der Waals surface area contributed by atoms with Crippen LogP contribution in [0.4, 0.5) is 70.2 Å². The van der Waals surface area contributed by atoms with Gasteiger partial charge < -0.3 is 5.32 Å². The van der Waals surface area contributed by atoms with Crippen molar-refractivity contribution in [3.05, 3.63) is 71.8 Å². The summed E-state index contributed by atoms with van der Waals surface area (Å²) in [6.45, 7) is 0. The Hall–Kier alpha value is -3.21. The second kappa shape index (κ2) is 10.3. The van der Waals surface area contributed by atoms with E-state index in [0.717, 1.165) is 29.6 Å². The van der Waals surface area contributed by atoms with Crippen molar-refractivity contribution in [2.45, 2.75) is 53.9 Å². The molecule has 0 aliphatic heterocycles. The van der Waals surface area contributed by atoms with Gasteiger partial charge in [0.05, 0.1) is 6.04 Å². The lowest BCUT2D eigenvalue weighted by molar-refractivity contribution is -0.443. The minimum Gasteiger partial charge on any atom is -0.340 e. The highest BCUT2D eigenvalue weighted by Crippen LogP contribution is 2.62. The summed E-state index contributed by atoms with van der Waals surface area (Å²) in [7, 11) is 0. The van der Waals surface area contributed by atoms with Gasteiger partial charge in [-0.2, -0.15) is 61.5 Å². The zero-order valence-corrected chi connectivity index (χ0v) is 18.9. The molecule has 0 spiro atoms. The molecule has 0 atom stereocenters. The lowest BCUT2D eigenvalue weighted by Crippen LogP contribution is -2.74. The molecule has 0 aliphatic carbocycles. The Kier molecular flexibility index (Phi) is 8.51. The molecular formula is C22H13F16NO. The minimum absolute atomic E-state index is 0.196. The van der Waals surface area contributed by atoms with Crippen LogP contribution in [0.25, 0.3) is 0 Å². The zero-order valence-electron chi connectivity index (χ0n) is 18.9. The van der Waals surface area contributed by atoms with E-state index in [9.17, 15) is 75.0 Å². The molecule has 0 aliphatic rings. The lowest BCUT2D eigenvalue weighted by Gasteiger charge is -2.42. The molecule has 0 saturated heterocycles. The van der Waals surface area contributed by atoms with Gasteiger partial charge in [-0.25, -0.2) is 8.78 Å². The fraction of sp³-hybridized carbons (Fsp3) is 0.409. The minimum atomic E-state index is -8.58. The normalized spacial score (nSPS) is 14.6. The number of halogens is 16. The van der Waals surface area contributed by atoms with E-state index in [1.807, 2.05) is 0 Å². The molecule has 0 unspecified atom stereocenters. The molecule has 0 aromatic heterocycles. The zero-order chi connectivity index (χ0) is 31.2. The third-order valence-electron chi connectivity index (χ3n) is 5.49. The van der Waals surface area contributed by atoms with Crippen molar-refractivity contribution in [2.75, 3.05) is 0 Å². The molecule has 2 nitrogen and oxygen atoms in total. The predicted molar refractivity (Wildman–Crippen MR) is 104 cm³/mol. The van der Waals surface area contributed by atoms with Crippen LogP contribution in [-0.4, -0.2) is 53.8 Å². The Bertz CT molecular complexity index is 1130. The maximum absolute atomic E-state index is 14.4. The first-order valence-electron chi connectivity index (χ1n) is 10.3. The summed E-state index contributed by atoms with van der Waals surface area (Å²) >= 11 is 0. The van der Waals surface area contributed by atoms with Crippen molar-refractivity contribution in [1.82, 2.24) is 5.32 Å². The maximum atomic E-state index is 14.4. The largest absolute Gasteiger partial charge is 0.392 e. The van der Waals surface area contributed by atoms with E-state index in [1.165, 1.54) is 36.4 Å². The van der Waals surface area contributed by atoms with Crippen molar-refractivity contribution in [2.24, 2.45) is 0 Å². The van der Waals surface area contributed by atoms with Gasteiger partial charge in [0.2, 0.25) is 0 Å². The molecule has 0 bridgehead atoms. The Balaban J connectivity index is 2.56. The SMILES string of the molecule is O=C(NC(c1ccccc1)c1ccccc1)C(F)(F)C(F)(F)C(F)(F)C(F)(F)C(F)(F)C(F)(F)C(F)(F)C(F)F. The van der Waals surface area contributed by atoms with Crippen LogP contribution in [0.3, 0.4) is 0 Å². The number of amides is 1. The number of hydrogen-bond donors (Lipinski definition) is 1. The second-order valence-electron chi connectivity index (χ2n) is 8.10. The first-order valence-corrected chi connectivity index (χ1v) is 10.3. The second-order valence-corrected chi connectivity index (χ2v) is 8.10. The average molecular weight is 611 g/mol. The van der Waals surface area contributed by atoms with Crippen LogP contribution in [0.2, 0.25) is 0 Å². The van der Waals surface area contributed by atoms with Crippen LogP contribution in [-0.2, 0) is 4.79 Å². The Morgan fingerprint density at radius 1 is 0.525 bits per heavy atom. The summed E-state index contributed by atoms with van der Waals surface area (Å²) < 4.78 is 217. The molecule has 2 aromatic rings. The Morgan fingerprint density at radius 3 is 1.20 bits per heavy atom. The smallest absolute Gasteiger partial charge is 0.340 e. The monoisotopic (exact) mass is 611 g/mol. The van der Waals surface area contributed by atoms with E-state index < -0.39 is 59.8 Å². The first-order chi connectivity index (χ1) is 17.9. The van der Waals surface area contributed by atoms with Gasteiger partial charge in [0, 0.05) is 0 Å². The fourth-order valence-electron chi connectivity index (χ4n) is 3.15. The molecule has 1 amide bonds. The molecule has 0 saturated carbocycles. The van der Waals surface area contributed by atoms with Crippen molar-refractivity contribution in [1.29, 1.82) is 0 Å². The van der Waals surface area contributed by atoms with Gasteiger partial charge in [-0.15, -0.1) is 0 Å². The highest BCUT2D eigenvalue weighted by molar-refractivity contribution is 5.85. The lowest BCUT2D eigenvalue weighted by atomic mass is 9.88. The van der Waals surface area contributed by atoms with E-state index in [2.05, 4.69) is 0 Å². The summed E-state index contributed by atoms with van der Waals surface area (Å²) in [6.07, 6.45) is -5.93. The van der Waals surface area contributed by atoms with Gasteiger partial charge in [0.15, 0.2) is 0 Å². The standard InChI is InChI=1S/C22H13F16NO/c23-14(24)16(25,26)18(29,30)20(33,34)22(37,38)21(35,36)19(31,32)17(27,28)15(40)39-13(11-7-3-1-4-8-11)12-9-5-2-6-10-12/h1-10,13-14H,(H,39,40). The van der Waals surface area contributed by atoms with Gasteiger partial charge in [-0.3, -0.25) is 4.79 Å². The Labute approximate surface area is 212 Å². The molecule has 1 N–H and O–H groups in total. The van der Waals surface area contributed by atoms with Crippen molar-refractivity contribution < 1.29 is 75.0 Å². The summed E-state index contributed by atoms with van der Waals surface area (Å²) in [5, 5.41) is 1.13. The van der Waals surface area contributed by atoms with Gasteiger partial charge in [-0.05, 0) is 11.1 Å². The molecule has 0 fully saturated rings. The van der Waals surface area contributed by atoms with Crippen LogP contribution in [0, 0.1) is 0 Å². The van der Waals surface area contributed by atoms with E-state index in [1.54, 1.807) is 0 Å². The fourth-order valence-corrected chi connectivity index (χ4v) is 3.15. The van der Waals surface area contributed by atoms with Crippen LogP contribution >= 0.6 is 0 Å². The van der Waals surface area contributed by atoms with Crippen molar-refractivity contribution in [3.63, 3.8) is 0 Å². The van der Waals surface area contributed by atoms with E-state index in [-0.39, 0.29) is 11.1 Å². The third-order valence-corrected chi connectivity index (χ3v) is 5.49. The van der Waals surface area contributed by atoms with Crippen LogP contribution in [0.5, 0.6) is 0 Å². The number of nitrogens with one attached hydrogen (secondary N) is 1. The van der Waals surface area contributed by atoms with Crippen LogP contribution < -0.4 is 5.32 Å². The summed E-state index contributed by atoms with van der Waals surface area (Å²) in [4.78, 5) is 12.1. The molecular weight excluding hydrogens is 598 g/mol. The molecule has 40 heavy (non-hydrogen) atoms. The van der Waals surface area contributed by atoms with E-state index in [0.29, 0.717) is 0 Å². The number of carbonyl (C=O) groups is 1. The quantitative estimate of drug-likeness (QED) is 0.261. The molecule has 18 heteroatoms. The average Bonchev–Trinajstić information content (AvgIpc) is 2.87. The first kappa shape index (κ1) is 33.0. The van der Waals surface area contributed by atoms with Gasteiger partial charge in [0.25, 0.3) is 5.91 Å². The van der Waals surface area contributed by atoms with E-state index >= 15 is 0 Å². The molecule has 2 rings (SSSR count). The topological polar surface area (TPSA) is 29.1 Å². The molecule has 2 aromatic carbocycles. The number of hydrogen-bond acceptors (Lipinski definition) is 1. The summed E-state index contributed by atoms with van der Waals surface area (Å²) in [6, 6.07) is 10.00. The number of rotatable bonds is 11.